The Bertz CT molecular complexity index is 766. The first kappa shape index (κ1) is 21.1. The van der Waals surface area contributed by atoms with Crippen LogP contribution >= 0.6 is 23.2 Å². The van der Waals surface area contributed by atoms with Gasteiger partial charge in [0.05, 0.1) is 28.8 Å². The van der Waals surface area contributed by atoms with Gasteiger partial charge in [0, 0.05) is 18.4 Å². The number of hydrogen-bond donors (Lipinski definition) is 1. The van der Waals surface area contributed by atoms with Crippen molar-refractivity contribution in [1.29, 1.82) is 0 Å². The molecule has 0 aromatic heterocycles. The maximum absolute atomic E-state index is 11.9. The number of benzene rings is 1. The largest absolute Gasteiger partial charge is 0.466 e. The summed E-state index contributed by atoms with van der Waals surface area (Å²) in [6.45, 7) is -0.126. The molecule has 0 saturated carbocycles. The number of cyclic esters (lactones) is 1. The first-order valence-corrected chi connectivity index (χ1v) is 8.72. The summed E-state index contributed by atoms with van der Waals surface area (Å²) in [5, 5.41) is 13.8. The molecule has 1 fully saturated rings. The van der Waals surface area contributed by atoms with Gasteiger partial charge < -0.3 is 19.4 Å². The van der Waals surface area contributed by atoms with Crippen molar-refractivity contribution in [2.75, 3.05) is 13.7 Å². The molecule has 1 aromatic carbocycles. The molecular weight excluding hydrogens is 401 g/mol. The van der Waals surface area contributed by atoms with Gasteiger partial charge in [-0.2, -0.15) is 0 Å². The number of aliphatic hydroxyl groups is 1. The van der Waals surface area contributed by atoms with Crippen LogP contribution in [0.2, 0.25) is 10.0 Å². The summed E-state index contributed by atoms with van der Waals surface area (Å²) >= 11 is 11.9. The molecule has 0 bridgehead atoms. The third-order valence-corrected chi connectivity index (χ3v) is 4.47. The second kappa shape index (κ2) is 9.68. The van der Waals surface area contributed by atoms with Gasteiger partial charge >= 0.3 is 11.9 Å². The van der Waals surface area contributed by atoms with E-state index in [0.717, 1.165) is 0 Å². The molecule has 1 aliphatic heterocycles. The molecule has 146 valence electrons. The van der Waals surface area contributed by atoms with Crippen molar-refractivity contribution >= 4 is 46.6 Å². The van der Waals surface area contributed by atoms with Crippen LogP contribution in [0.5, 0.6) is 0 Å². The summed E-state index contributed by atoms with van der Waals surface area (Å²) in [5.41, 5.74) is 1.13. The molecule has 2 unspecified atom stereocenters. The van der Waals surface area contributed by atoms with E-state index in [1.54, 1.807) is 18.2 Å². The van der Waals surface area contributed by atoms with Gasteiger partial charge in [0.1, 0.15) is 7.11 Å². The van der Waals surface area contributed by atoms with E-state index in [1.165, 1.54) is 7.11 Å². The summed E-state index contributed by atoms with van der Waals surface area (Å²) in [4.78, 5) is 39.2. The van der Waals surface area contributed by atoms with Crippen LogP contribution < -0.4 is 0 Å². The van der Waals surface area contributed by atoms with E-state index >= 15 is 0 Å². The summed E-state index contributed by atoms with van der Waals surface area (Å²) in [6.07, 6.45) is -2.64. The first-order chi connectivity index (χ1) is 12.8. The Morgan fingerprint density at radius 2 is 2.00 bits per heavy atom. The Hall–Kier alpha value is -2.16. The average Bonchev–Trinajstić information content (AvgIpc) is 2.88. The minimum Gasteiger partial charge on any atom is -0.466 e. The number of rotatable bonds is 8. The van der Waals surface area contributed by atoms with E-state index in [2.05, 4.69) is 9.89 Å². The van der Waals surface area contributed by atoms with E-state index in [-0.39, 0.29) is 25.9 Å². The van der Waals surface area contributed by atoms with E-state index in [9.17, 15) is 19.5 Å². The fourth-order valence-corrected chi connectivity index (χ4v) is 2.66. The lowest BCUT2D eigenvalue weighted by molar-refractivity contribution is -0.148. The predicted molar refractivity (Wildman–Crippen MR) is 95.7 cm³/mol. The van der Waals surface area contributed by atoms with Gasteiger partial charge in [-0.3, -0.25) is 9.59 Å². The SMILES string of the molecule is CON=C(CCC(=O)OCCC1OC(=O)C(O)C1=O)c1ccc(Cl)c(Cl)c1. The average molecular weight is 418 g/mol. The van der Waals surface area contributed by atoms with Gasteiger partial charge in [-0.05, 0) is 12.1 Å². The maximum Gasteiger partial charge on any atom is 0.343 e. The maximum atomic E-state index is 11.9. The number of carbonyl (C=O) groups is 3. The monoisotopic (exact) mass is 417 g/mol. The van der Waals surface area contributed by atoms with Crippen molar-refractivity contribution < 1.29 is 33.8 Å². The van der Waals surface area contributed by atoms with Crippen molar-refractivity contribution in [3.05, 3.63) is 33.8 Å². The number of ketones is 1. The van der Waals surface area contributed by atoms with E-state index in [0.29, 0.717) is 21.3 Å². The summed E-state index contributed by atoms with van der Waals surface area (Å²) < 4.78 is 9.71. The summed E-state index contributed by atoms with van der Waals surface area (Å²) in [5.74, 6) is -2.25. The quantitative estimate of drug-likeness (QED) is 0.297. The molecule has 8 nitrogen and oxygen atoms in total. The molecule has 2 atom stereocenters. The molecule has 27 heavy (non-hydrogen) atoms. The highest BCUT2D eigenvalue weighted by Gasteiger charge is 2.41. The minimum absolute atomic E-state index is 0.00344. The van der Waals surface area contributed by atoms with Gasteiger partial charge in [-0.15, -0.1) is 0 Å². The number of hydrogen-bond acceptors (Lipinski definition) is 8. The van der Waals surface area contributed by atoms with Crippen molar-refractivity contribution in [2.24, 2.45) is 5.16 Å². The van der Waals surface area contributed by atoms with Crippen LogP contribution in [-0.2, 0) is 28.7 Å². The number of carbonyl (C=O) groups excluding carboxylic acids is 3. The van der Waals surface area contributed by atoms with E-state index < -0.39 is 29.9 Å². The molecule has 2 rings (SSSR count). The van der Waals surface area contributed by atoms with Crippen LogP contribution in [0.1, 0.15) is 24.8 Å². The Balaban J connectivity index is 1.82. The van der Waals surface area contributed by atoms with Crippen LogP contribution in [0, 0.1) is 0 Å². The van der Waals surface area contributed by atoms with Gasteiger partial charge in [0.25, 0.3) is 0 Å². The highest BCUT2D eigenvalue weighted by atomic mass is 35.5. The van der Waals surface area contributed by atoms with Gasteiger partial charge in [-0.25, -0.2) is 4.79 Å². The van der Waals surface area contributed by atoms with Crippen molar-refractivity contribution in [3.63, 3.8) is 0 Å². The molecule has 0 spiro atoms. The van der Waals surface area contributed by atoms with Crippen LogP contribution in [0.15, 0.2) is 23.4 Å². The molecule has 0 radical (unpaired) electrons. The summed E-state index contributed by atoms with van der Waals surface area (Å²) in [7, 11) is 1.38. The Labute approximate surface area is 165 Å². The topological polar surface area (TPSA) is 111 Å². The molecule has 0 aliphatic carbocycles. The van der Waals surface area contributed by atoms with Crippen LogP contribution in [0.4, 0.5) is 0 Å². The molecule has 1 heterocycles. The van der Waals surface area contributed by atoms with Gasteiger partial charge in [0.2, 0.25) is 11.9 Å². The Morgan fingerprint density at radius 3 is 2.59 bits per heavy atom. The van der Waals surface area contributed by atoms with E-state index in [4.69, 9.17) is 32.8 Å². The fraction of sp³-hybridized carbons (Fsp3) is 0.412. The van der Waals surface area contributed by atoms with Gasteiger partial charge in [-0.1, -0.05) is 34.4 Å². The standard InChI is InChI=1S/C17H17Cl2NO7/c1-25-20-12(9-2-3-10(18)11(19)8-9)4-5-14(21)26-7-6-13-15(22)16(23)17(24)27-13/h2-3,8,13,16,23H,4-7H2,1H3. The highest BCUT2D eigenvalue weighted by Crippen LogP contribution is 2.24. The molecule has 0 amide bonds. The second-order valence-electron chi connectivity index (χ2n) is 5.59. The second-order valence-corrected chi connectivity index (χ2v) is 6.40. The van der Waals surface area contributed by atoms with Crippen LogP contribution in [0.3, 0.4) is 0 Å². The number of Topliss-reactive ketones (excluding diaryl/α,β-unsaturated/α-hetero) is 1. The van der Waals surface area contributed by atoms with Gasteiger partial charge in [0.15, 0.2) is 6.10 Å². The Kier molecular flexibility index (Phi) is 7.58. The molecule has 1 aromatic rings. The molecule has 1 aliphatic rings. The minimum atomic E-state index is -1.76. The number of halogens is 2. The number of ether oxygens (including phenoxy) is 2. The third kappa shape index (κ3) is 5.66. The zero-order chi connectivity index (χ0) is 20.0. The number of oxime groups is 1. The summed E-state index contributed by atoms with van der Waals surface area (Å²) in [6, 6.07) is 4.91. The molecule has 10 heteroatoms. The lowest BCUT2D eigenvalue weighted by atomic mass is 10.1. The highest BCUT2D eigenvalue weighted by molar-refractivity contribution is 6.42. The fourth-order valence-electron chi connectivity index (χ4n) is 2.36. The zero-order valence-corrected chi connectivity index (χ0v) is 15.8. The molecule has 1 N–H and O–H groups in total. The zero-order valence-electron chi connectivity index (χ0n) is 14.3. The number of esters is 2. The third-order valence-electron chi connectivity index (χ3n) is 3.73. The Morgan fingerprint density at radius 1 is 1.26 bits per heavy atom. The lowest BCUT2D eigenvalue weighted by Gasteiger charge is -2.09. The van der Waals surface area contributed by atoms with Crippen molar-refractivity contribution in [1.82, 2.24) is 0 Å². The first-order valence-electron chi connectivity index (χ1n) is 7.97. The predicted octanol–water partition coefficient (Wildman–Crippen LogP) is 1.91. The number of aliphatic hydroxyl groups excluding tert-OH is 1. The normalized spacial score (nSPS) is 19.8. The van der Waals surface area contributed by atoms with Crippen molar-refractivity contribution in [2.45, 2.75) is 31.5 Å². The molecular formula is C17H17Cl2NO7. The smallest absolute Gasteiger partial charge is 0.343 e. The van der Waals surface area contributed by atoms with Crippen LogP contribution in [-0.4, -0.2) is 54.5 Å². The van der Waals surface area contributed by atoms with Crippen molar-refractivity contribution in [3.8, 4) is 0 Å². The molecule has 1 saturated heterocycles. The lowest BCUT2D eigenvalue weighted by Crippen LogP contribution is -2.26. The number of nitrogens with zero attached hydrogens (tertiary/aromatic N) is 1. The van der Waals surface area contributed by atoms with Crippen LogP contribution in [0.25, 0.3) is 0 Å². The van der Waals surface area contributed by atoms with E-state index in [1.807, 2.05) is 0 Å².